The van der Waals surface area contributed by atoms with Crippen LogP contribution < -0.4 is 5.73 Å². The molecule has 19 heavy (non-hydrogen) atoms. The lowest BCUT2D eigenvalue weighted by Crippen LogP contribution is -2.55. The summed E-state index contributed by atoms with van der Waals surface area (Å²) in [5.41, 5.74) is 7.10. The highest BCUT2D eigenvalue weighted by Gasteiger charge is 2.28. The van der Waals surface area contributed by atoms with Crippen LogP contribution in [0.5, 0.6) is 0 Å². The van der Waals surface area contributed by atoms with E-state index in [4.69, 9.17) is 28.9 Å². The summed E-state index contributed by atoms with van der Waals surface area (Å²) in [4.78, 5) is 4.79. The van der Waals surface area contributed by atoms with Gasteiger partial charge >= 0.3 is 0 Å². The number of nitrogens with zero attached hydrogens (tertiary/aromatic N) is 2. The molecule has 1 aromatic carbocycles. The summed E-state index contributed by atoms with van der Waals surface area (Å²) >= 11 is 12.1. The van der Waals surface area contributed by atoms with Gasteiger partial charge in [0.1, 0.15) is 0 Å². The Balaban J connectivity index is 2.17. The molecule has 0 radical (unpaired) electrons. The zero-order valence-electron chi connectivity index (χ0n) is 11.4. The fourth-order valence-electron chi connectivity index (χ4n) is 2.71. The molecule has 106 valence electrons. The maximum Gasteiger partial charge on any atom is 0.0595 e. The maximum atomic E-state index is 6.11. The number of likely N-dealkylation sites (N-methyl/N-ethyl adjacent to an activating group) is 1. The van der Waals surface area contributed by atoms with Crippen molar-refractivity contribution in [3.05, 3.63) is 33.8 Å². The van der Waals surface area contributed by atoms with Gasteiger partial charge in [0.05, 0.1) is 10.0 Å². The number of hydrogen-bond donors (Lipinski definition) is 1. The lowest BCUT2D eigenvalue weighted by atomic mass is 10.0. The van der Waals surface area contributed by atoms with Crippen LogP contribution in [-0.4, -0.2) is 49.1 Å². The molecule has 2 unspecified atom stereocenters. The number of halogens is 2. The van der Waals surface area contributed by atoms with Gasteiger partial charge < -0.3 is 10.6 Å². The Morgan fingerprint density at radius 3 is 2.68 bits per heavy atom. The van der Waals surface area contributed by atoms with Crippen molar-refractivity contribution in [2.24, 2.45) is 5.73 Å². The van der Waals surface area contributed by atoms with Crippen LogP contribution in [0.25, 0.3) is 0 Å². The topological polar surface area (TPSA) is 32.5 Å². The lowest BCUT2D eigenvalue weighted by Gasteiger charge is -2.43. The molecule has 1 aromatic rings. The van der Waals surface area contributed by atoms with Crippen molar-refractivity contribution >= 4 is 23.2 Å². The third-order valence-electron chi connectivity index (χ3n) is 3.93. The zero-order valence-corrected chi connectivity index (χ0v) is 13.0. The van der Waals surface area contributed by atoms with E-state index in [-0.39, 0.29) is 0 Å². The molecule has 0 bridgehead atoms. The van der Waals surface area contributed by atoms with Crippen LogP contribution in [0, 0.1) is 0 Å². The molecule has 1 aliphatic rings. The van der Waals surface area contributed by atoms with Crippen LogP contribution in [0.1, 0.15) is 18.5 Å². The first-order valence-electron chi connectivity index (χ1n) is 6.62. The van der Waals surface area contributed by atoms with Crippen molar-refractivity contribution in [2.75, 3.05) is 33.2 Å². The summed E-state index contributed by atoms with van der Waals surface area (Å²) in [5, 5.41) is 1.22. The van der Waals surface area contributed by atoms with Crippen molar-refractivity contribution in [3.8, 4) is 0 Å². The highest BCUT2D eigenvalue weighted by molar-refractivity contribution is 6.42. The summed E-state index contributed by atoms with van der Waals surface area (Å²) in [5.74, 6) is 0. The molecule has 2 rings (SSSR count). The molecule has 0 amide bonds. The van der Waals surface area contributed by atoms with Gasteiger partial charge in [0.25, 0.3) is 0 Å². The quantitative estimate of drug-likeness (QED) is 0.931. The van der Waals surface area contributed by atoms with Gasteiger partial charge in [0.2, 0.25) is 0 Å². The molecule has 2 N–H and O–H groups in total. The highest BCUT2D eigenvalue weighted by Crippen LogP contribution is 2.29. The van der Waals surface area contributed by atoms with Gasteiger partial charge in [-0.25, -0.2) is 0 Å². The second-order valence-corrected chi connectivity index (χ2v) is 6.05. The normalized spacial score (nSPS) is 23.5. The zero-order chi connectivity index (χ0) is 14.0. The van der Waals surface area contributed by atoms with E-state index in [1.807, 2.05) is 18.2 Å². The first-order valence-corrected chi connectivity index (χ1v) is 7.37. The Hall–Kier alpha value is -0.320. The van der Waals surface area contributed by atoms with Crippen molar-refractivity contribution in [1.29, 1.82) is 0 Å². The van der Waals surface area contributed by atoms with Crippen molar-refractivity contribution in [2.45, 2.75) is 19.0 Å². The van der Waals surface area contributed by atoms with Gasteiger partial charge in [0, 0.05) is 38.3 Å². The minimum Gasteiger partial charge on any atom is -0.329 e. The third kappa shape index (κ3) is 3.41. The minimum absolute atomic E-state index is 0.303. The number of rotatable bonds is 3. The maximum absolute atomic E-state index is 6.11. The summed E-state index contributed by atoms with van der Waals surface area (Å²) in [7, 11) is 2.14. The number of piperazine rings is 1. The molecule has 0 spiro atoms. The number of benzene rings is 1. The summed E-state index contributed by atoms with van der Waals surface area (Å²) < 4.78 is 0. The van der Waals surface area contributed by atoms with E-state index < -0.39 is 0 Å². The van der Waals surface area contributed by atoms with E-state index >= 15 is 0 Å². The van der Waals surface area contributed by atoms with Crippen molar-refractivity contribution in [3.63, 3.8) is 0 Å². The first-order chi connectivity index (χ1) is 9.02. The van der Waals surface area contributed by atoms with Gasteiger partial charge in [-0.05, 0) is 31.7 Å². The Bertz CT molecular complexity index is 439. The van der Waals surface area contributed by atoms with Crippen molar-refractivity contribution in [1.82, 2.24) is 9.80 Å². The molecular formula is C14H21Cl2N3. The SMILES string of the molecule is CC(c1ccc(Cl)c(Cl)c1)N1CCN(C)CC1CN. The second kappa shape index (κ2) is 6.42. The predicted molar refractivity (Wildman–Crippen MR) is 81.9 cm³/mol. The van der Waals surface area contributed by atoms with Gasteiger partial charge in [0.15, 0.2) is 0 Å². The summed E-state index contributed by atoms with van der Waals surface area (Å²) in [6.07, 6.45) is 0. The van der Waals surface area contributed by atoms with Crippen LogP contribution in [0.15, 0.2) is 18.2 Å². The summed E-state index contributed by atoms with van der Waals surface area (Å²) in [6, 6.07) is 6.56. The van der Waals surface area contributed by atoms with Crippen LogP contribution in [-0.2, 0) is 0 Å². The average molecular weight is 302 g/mol. The van der Waals surface area contributed by atoms with Crippen LogP contribution in [0.4, 0.5) is 0 Å². The fraction of sp³-hybridized carbons (Fsp3) is 0.571. The molecule has 5 heteroatoms. The van der Waals surface area contributed by atoms with Crippen LogP contribution in [0.2, 0.25) is 10.0 Å². The van der Waals surface area contributed by atoms with E-state index in [1.165, 1.54) is 5.56 Å². The molecule has 1 heterocycles. The Morgan fingerprint density at radius 2 is 2.05 bits per heavy atom. The Morgan fingerprint density at radius 1 is 1.32 bits per heavy atom. The van der Waals surface area contributed by atoms with Gasteiger partial charge in [-0.1, -0.05) is 29.3 Å². The van der Waals surface area contributed by atoms with E-state index in [0.29, 0.717) is 28.7 Å². The van der Waals surface area contributed by atoms with Gasteiger partial charge in [-0.2, -0.15) is 0 Å². The van der Waals surface area contributed by atoms with E-state index in [9.17, 15) is 0 Å². The largest absolute Gasteiger partial charge is 0.329 e. The molecule has 2 atom stereocenters. The molecule has 1 aliphatic heterocycles. The summed E-state index contributed by atoms with van der Waals surface area (Å²) in [6.45, 7) is 5.99. The van der Waals surface area contributed by atoms with Gasteiger partial charge in [-0.3, -0.25) is 4.90 Å². The fourth-order valence-corrected chi connectivity index (χ4v) is 3.01. The van der Waals surface area contributed by atoms with E-state index in [0.717, 1.165) is 19.6 Å². The number of hydrogen-bond acceptors (Lipinski definition) is 3. The predicted octanol–water partition coefficient (Wildman–Crippen LogP) is 2.63. The van der Waals surface area contributed by atoms with E-state index in [1.54, 1.807) is 0 Å². The number of nitrogens with two attached hydrogens (primary N) is 1. The lowest BCUT2D eigenvalue weighted by molar-refractivity contribution is 0.0621. The molecular weight excluding hydrogens is 281 g/mol. The molecule has 1 fully saturated rings. The van der Waals surface area contributed by atoms with Crippen LogP contribution >= 0.6 is 23.2 Å². The Labute approximate surface area is 125 Å². The molecule has 0 aliphatic carbocycles. The first kappa shape index (κ1) is 15.1. The van der Waals surface area contributed by atoms with E-state index in [2.05, 4.69) is 23.8 Å². The highest BCUT2D eigenvalue weighted by atomic mass is 35.5. The Kier molecular flexibility index (Phi) is 5.09. The van der Waals surface area contributed by atoms with Crippen LogP contribution in [0.3, 0.4) is 0 Å². The molecule has 1 saturated heterocycles. The standard InChI is InChI=1S/C14H21Cl2N3/c1-10(11-3-4-13(15)14(16)7-11)19-6-5-18(2)9-12(19)8-17/h3-4,7,10,12H,5-6,8-9,17H2,1-2H3. The third-order valence-corrected chi connectivity index (χ3v) is 4.67. The van der Waals surface area contributed by atoms with Gasteiger partial charge in [-0.15, -0.1) is 0 Å². The van der Waals surface area contributed by atoms with Crippen molar-refractivity contribution < 1.29 is 0 Å². The molecule has 3 nitrogen and oxygen atoms in total. The second-order valence-electron chi connectivity index (χ2n) is 5.24. The molecule has 0 saturated carbocycles. The minimum atomic E-state index is 0.303. The monoisotopic (exact) mass is 301 g/mol. The smallest absolute Gasteiger partial charge is 0.0595 e. The molecule has 0 aromatic heterocycles. The average Bonchev–Trinajstić information content (AvgIpc) is 2.41.